The number of anilines is 1. The van der Waals surface area contributed by atoms with E-state index in [1.807, 2.05) is 6.07 Å². The van der Waals surface area contributed by atoms with Crippen LogP contribution in [0, 0.1) is 0 Å². The molecule has 5 heteroatoms. The minimum absolute atomic E-state index is 0.456. The van der Waals surface area contributed by atoms with Crippen molar-refractivity contribution >= 4 is 5.95 Å². The highest BCUT2D eigenvalue weighted by Crippen LogP contribution is 2.16. The highest BCUT2D eigenvalue weighted by Gasteiger charge is 2.21. The van der Waals surface area contributed by atoms with E-state index in [0.717, 1.165) is 49.9 Å². The molecule has 1 saturated heterocycles. The molecule has 0 bridgehead atoms. The molecule has 1 aliphatic heterocycles. The molecular formula is C16H22N4O. The first-order valence-electron chi connectivity index (χ1n) is 7.68. The Morgan fingerprint density at radius 3 is 2.86 bits per heavy atom. The summed E-state index contributed by atoms with van der Waals surface area (Å²) in [5.74, 6) is 2.89. The second kappa shape index (κ2) is 6.72. The van der Waals surface area contributed by atoms with Crippen LogP contribution in [0.15, 0.2) is 35.0 Å². The number of aryl methyl sites for hydroxylation is 1. The lowest BCUT2D eigenvalue weighted by atomic mass is 10.1. The van der Waals surface area contributed by atoms with Crippen molar-refractivity contribution in [3.8, 4) is 0 Å². The van der Waals surface area contributed by atoms with Gasteiger partial charge in [-0.15, -0.1) is 0 Å². The van der Waals surface area contributed by atoms with Gasteiger partial charge in [0.05, 0.1) is 6.54 Å². The maximum atomic E-state index is 5.73. The van der Waals surface area contributed by atoms with Crippen molar-refractivity contribution in [1.29, 1.82) is 0 Å². The van der Waals surface area contributed by atoms with Gasteiger partial charge in [-0.2, -0.15) is 0 Å². The number of rotatable bonds is 5. The fraction of sp³-hybridized carbons (Fsp3) is 0.500. The van der Waals surface area contributed by atoms with Crippen molar-refractivity contribution in [3.05, 3.63) is 42.1 Å². The average Bonchev–Trinajstić information content (AvgIpc) is 3.02. The molecule has 21 heavy (non-hydrogen) atoms. The molecule has 0 spiro atoms. The van der Waals surface area contributed by atoms with E-state index in [0.29, 0.717) is 6.04 Å². The lowest BCUT2D eigenvalue weighted by Gasteiger charge is -2.33. The van der Waals surface area contributed by atoms with E-state index in [1.54, 1.807) is 12.4 Å². The summed E-state index contributed by atoms with van der Waals surface area (Å²) in [7, 11) is 0. The van der Waals surface area contributed by atoms with Gasteiger partial charge in [0, 0.05) is 37.9 Å². The smallest absolute Gasteiger partial charge is 0.225 e. The molecule has 5 nitrogen and oxygen atoms in total. The van der Waals surface area contributed by atoms with Gasteiger partial charge in [0.2, 0.25) is 5.95 Å². The van der Waals surface area contributed by atoms with Crippen LogP contribution in [-0.2, 0) is 13.0 Å². The summed E-state index contributed by atoms with van der Waals surface area (Å²) in [6.07, 6.45) is 6.89. The summed E-state index contributed by atoms with van der Waals surface area (Å²) in [5.41, 5.74) is 0. The third-order valence-electron chi connectivity index (χ3n) is 3.89. The van der Waals surface area contributed by atoms with Crippen LogP contribution in [0.1, 0.15) is 31.3 Å². The van der Waals surface area contributed by atoms with E-state index in [2.05, 4.69) is 39.2 Å². The Bertz CT molecular complexity index is 554. The molecule has 1 fully saturated rings. The van der Waals surface area contributed by atoms with Crippen molar-refractivity contribution in [2.75, 3.05) is 18.0 Å². The fourth-order valence-corrected chi connectivity index (χ4v) is 2.73. The topological polar surface area (TPSA) is 54.2 Å². The Labute approximate surface area is 125 Å². The first kappa shape index (κ1) is 14.1. The van der Waals surface area contributed by atoms with Crippen molar-refractivity contribution in [2.24, 2.45) is 0 Å². The van der Waals surface area contributed by atoms with Crippen LogP contribution in [0.3, 0.4) is 0 Å². The molecule has 0 aliphatic carbocycles. The molecule has 1 N–H and O–H groups in total. The van der Waals surface area contributed by atoms with Crippen molar-refractivity contribution < 1.29 is 4.42 Å². The summed E-state index contributed by atoms with van der Waals surface area (Å²) in [5, 5.41) is 3.58. The molecule has 112 valence electrons. The van der Waals surface area contributed by atoms with Crippen LogP contribution < -0.4 is 10.2 Å². The van der Waals surface area contributed by atoms with E-state index in [-0.39, 0.29) is 0 Å². The lowest BCUT2D eigenvalue weighted by molar-refractivity contribution is 0.385. The van der Waals surface area contributed by atoms with Gasteiger partial charge < -0.3 is 14.6 Å². The van der Waals surface area contributed by atoms with E-state index < -0.39 is 0 Å². The van der Waals surface area contributed by atoms with E-state index in [1.165, 1.54) is 6.42 Å². The minimum atomic E-state index is 0.456. The quantitative estimate of drug-likeness (QED) is 0.914. The van der Waals surface area contributed by atoms with Crippen LogP contribution in [0.5, 0.6) is 0 Å². The van der Waals surface area contributed by atoms with Gasteiger partial charge in [0.25, 0.3) is 0 Å². The van der Waals surface area contributed by atoms with Gasteiger partial charge in [-0.1, -0.05) is 6.92 Å². The maximum absolute atomic E-state index is 5.73. The molecular weight excluding hydrogens is 264 g/mol. The van der Waals surface area contributed by atoms with Gasteiger partial charge in [-0.05, 0) is 31.0 Å². The number of furan rings is 1. The van der Waals surface area contributed by atoms with Gasteiger partial charge in [0.15, 0.2) is 0 Å². The molecule has 2 aromatic rings. The summed E-state index contributed by atoms with van der Waals surface area (Å²) in [6.45, 7) is 4.87. The SMILES string of the molecule is CCc1ccc(CNC2CCCN(c3ncccn3)C2)o1. The molecule has 3 rings (SSSR count). The Morgan fingerprint density at radius 1 is 1.29 bits per heavy atom. The van der Waals surface area contributed by atoms with Crippen LogP contribution in [0.4, 0.5) is 5.95 Å². The van der Waals surface area contributed by atoms with Crippen LogP contribution in [-0.4, -0.2) is 29.1 Å². The average molecular weight is 286 g/mol. The zero-order valence-electron chi connectivity index (χ0n) is 12.5. The number of piperidine rings is 1. The second-order valence-electron chi connectivity index (χ2n) is 5.44. The largest absolute Gasteiger partial charge is 0.465 e. The first-order valence-corrected chi connectivity index (χ1v) is 7.68. The van der Waals surface area contributed by atoms with Crippen LogP contribution in [0.25, 0.3) is 0 Å². The lowest BCUT2D eigenvalue weighted by Crippen LogP contribution is -2.46. The first-order chi connectivity index (χ1) is 10.3. The molecule has 1 unspecified atom stereocenters. The normalized spacial score (nSPS) is 18.9. The zero-order valence-corrected chi connectivity index (χ0v) is 12.5. The third-order valence-corrected chi connectivity index (χ3v) is 3.89. The highest BCUT2D eigenvalue weighted by molar-refractivity contribution is 5.29. The summed E-state index contributed by atoms with van der Waals surface area (Å²) in [4.78, 5) is 10.9. The van der Waals surface area contributed by atoms with Crippen molar-refractivity contribution in [1.82, 2.24) is 15.3 Å². The number of aromatic nitrogens is 2. The molecule has 0 saturated carbocycles. The van der Waals surface area contributed by atoms with E-state index >= 15 is 0 Å². The van der Waals surface area contributed by atoms with Crippen LogP contribution in [0.2, 0.25) is 0 Å². The fourth-order valence-electron chi connectivity index (χ4n) is 2.73. The zero-order chi connectivity index (χ0) is 14.5. The molecule has 1 aliphatic rings. The van der Waals surface area contributed by atoms with Gasteiger partial charge >= 0.3 is 0 Å². The summed E-state index contributed by atoms with van der Waals surface area (Å²) in [6, 6.07) is 6.43. The number of hydrogen-bond acceptors (Lipinski definition) is 5. The molecule has 2 aromatic heterocycles. The second-order valence-corrected chi connectivity index (χ2v) is 5.44. The number of hydrogen-bond donors (Lipinski definition) is 1. The van der Waals surface area contributed by atoms with Gasteiger partial charge in [0.1, 0.15) is 11.5 Å². The number of nitrogens with zero attached hydrogens (tertiary/aromatic N) is 3. The Kier molecular flexibility index (Phi) is 4.50. The highest BCUT2D eigenvalue weighted by atomic mass is 16.3. The number of nitrogens with one attached hydrogen (secondary N) is 1. The Hall–Kier alpha value is -1.88. The Balaban J connectivity index is 1.54. The minimum Gasteiger partial charge on any atom is -0.465 e. The summed E-state index contributed by atoms with van der Waals surface area (Å²) >= 11 is 0. The predicted molar refractivity (Wildman–Crippen MR) is 82.2 cm³/mol. The Morgan fingerprint density at radius 2 is 2.10 bits per heavy atom. The van der Waals surface area contributed by atoms with Crippen molar-refractivity contribution in [3.63, 3.8) is 0 Å². The summed E-state index contributed by atoms with van der Waals surface area (Å²) < 4.78 is 5.73. The van der Waals surface area contributed by atoms with Crippen molar-refractivity contribution in [2.45, 2.75) is 38.8 Å². The van der Waals surface area contributed by atoms with Crippen LogP contribution >= 0.6 is 0 Å². The van der Waals surface area contributed by atoms with Gasteiger partial charge in [-0.25, -0.2) is 9.97 Å². The predicted octanol–water partition coefficient (Wildman–Crippen LogP) is 2.39. The molecule has 0 radical (unpaired) electrons. The molecule has 1 atom stereocenters. The molecule has 0 amide bonds. The monoisotopic (exact) mass is 286 g/mol. The maximum Gasteiger partial charge on any atom is 0.225 e. The third kappa shape index (κ3) is 3.61. The molecule has 0 aromatic carbocycles. The van der Waals surface area contributed by atoms with E-state index in [9.17, 15) is 0 Å². The van der Waals surface area contributed by atoms with E-state index in [4.69, 9.17) is 4.42 Å². The van der Waals surface area contributed by atoms with Gasteiger partial charge in [-0.3, -0.25) is 0 Å². The standard InChI is InChI=1S/C16H22N4O/c1-2-14-6-7-15(21-14)11-19-13-5-3-10-20(12-13)16-17-8-4-9-18-16/h4,6-9,13,19H,2-3,5,10-12H2,1H3. The molecule has 3 heterocycles.